The van der Waals surface area contributed by atoms with Crippen molar-refractivity contribution >= 4 is 46.4 Å². The number of fused-ring (bicyclic) bond motifs is 1. The standard InChI is InChI=1S/C24H18Cl2N2O3/c1-14-7-10-16(11-8-14)27-23(29)20-21(18-12-9-15(25)13-19(18)26)28(31-22(20)24(27)30)17-5-3-2-4-6-17/h2-13,20-22H,1H3/t20-,21-,22+/m1/s1. The van der Waals surface area contributed by atoms with Crippen LogP contribution >= 0.6 is 23.2 Å². The fourth-order valence-electron chi connectivity index (χ4n) is 4.22. The first-order valence-electron chi connectivity index (χ1n) is 9.86. The molecule has 2 aliphatic rings. The maximum atomic E-state index is 13.6. The van der Waals surface area contributed by atoms with Gasteiger partial charge >= 0.3 is 0 Å². The number of carbonyl (C=O) groups excluding carboxylic acids is 2. The maximum absolute atomic E-state index is 13.6. The average molecular weight is 453 g/mol. The zero-order chi connectivity index (χ0) is 21.7. The van der Waals surface area contributed by atoms with E-state index in [1.54, 1.807) is 35.4 Å². The quantitative estimate of drug-likeness (QED) is 0.502. The van der Waals surface area contributed by atoms with E-state index in [0.29, 0.717) is 21.3 Å². The van der Waals surface area contributed by atoms with Gasteiger partial charge in [-0.3, -0.25) is 14.4 Å². The lowest BCUT2D eigenvalue weighted by atomic mass is 9.90. The highest BCUT2D eigenvalue weighted by atomic mass is 35.5. The first-order valence-corrected chi connectivity index (χ1v) is 10.6. The monoisotopic (exact) mass is 452 g/mol. The third kappa shape index (κ3) is 3.30. The molecule has 0 spiro atoms. The zero-order valence-electron chi connectivity index (χ0n) is 16.5. The number of hydroxylamine groups is 1. The van der Waals surface area contributed by atoms with Gasteiger partial charge in [-0.05, 0) is 48.9 Å². The molecule has 0 saturated carbocycles. The summed E-state index contributed by atoms with van der Waals surface area (Å²) in [5, 5.41) is 2.52. The van der Waals surface area contributed by atoms with Gasteiger partial charge in [0.15, 0.2) is 6.10 Å². The van der Waals surface area contributed by atoms with E-state index >= 15 is 0 Å². The molecule has 0 unspecified atom stereocenters. The van der Waals surface area contributed by atoms with Gasteiger partial charge in [0.25, 0.3) is 5.91 Å². The van der Waals surface area contributed by atoms with Crippen molar-refractivity contribution in [1.82, 2.24) is 0 Å². The Morgan fingerprint density at radius 3 is 2.23 bits per heavy atom. The Hall–Kier alpha value is -2.86. The van der Waals surface area contributed by atoms with Crippen molar-refractivity contribution in [3.05, 3.63) is 94.0 Å². The minimum absolute atomic E-state index is 0.312. The third-order valence-corrected chi connectivity index (χ3v) is 6.26. The van der Waals surface area contributed by atoms with Gasteiger partial charge in [0, 0.05) is 10.0 Å². The van der Waals surface area contributed by atoms with Crippen LogP contribution in [-0.4, -0.2) is 17.9 Å². The lowest BCUT2D eigenvalue weighted by Crippen LogP contribution is -2.37. The minimum Gasteiger partial charge on any atom is -0.273 e. The zero-order valence-corrected chi connectivity index (χ0v) is 18.0. The number of rotatable bonds is 3. The molecule has 0 bridgehead atoms. The van der Waals surface area contributed by atoms with Gasteiger partial charge in [0.2, 0.25) is 5.91 Å². The molecule has 0 aromatic heterocycles. The van der Waals surface area contributed by atoms with Crippen molar-refractivity contribution < 1.29 is 14.4 Å². The molecular formula is C24H18Cl2N2O3. The van der Waals surface area contributed by atoms with E-state index in [9.17, 15) is 9.59 Å². The molecule has 2 heterocycles. The summed E-state index contributed by atoms with van der Waals surface area (Å²) < 4.78 is 0. The van der Waals surface area contributed by atoms with Gasteiger partial charge in [-0.15, -0.1) is 0 Å². The summed E-state index contributed by atoms with van der Waals surface area (Å²) in [6.45, 7) is 1.95. The molecule has 3 aromatic rings. The molecule has 2 fully saturated rings. The Kier molecular flexibility index (Phi) is 4.97. The van der Waals surface area contributed by atoms with Crippen LogP contribution in [0.1, 0.15) is 17.2 Å². The van der Waals surface area contributed by atoms with Crippen LogP contribution in [0.5, 0.6) is 0 Å². The van der Waals surface area contributed by atoms with Gasteiger partial charge in [-0.1, -0.05) is 65.2 Å². The van der Waals surface area contributed by atoms with Gasteiger partial charge in [-0.2, -0.15) is 0 Å². The number of hydrogen-bond acceptors (Lipinski definition) is 4. The van der Waals surface area contributed by atoms with Gasteiger partial charge in [0.05, 0.1) is 17.4 Å². The van der Waals surface area contributed by atoms with E-state index in [2.05, 4.69) is 0 Å². The van der Waals surface area contributed by atoms with Crippen molar-refractivity contribution in [2.24, 2.45) is 5.92 Å². The van der Waals surface area contributed by atoms with Crippen LogP contribution in [-0.2, 0) is 14.4 Å². The number of amides is 2. The summed E-state index contributed by atoms with van der Waals surface area (Å²) in [7, 11) is 0. The molecule has 5 rings (SSSR count). The molecule has 2 amide bonds. The van der Waals surface area contributed by atoms with Crippen molar-refractivity contribution in [3.63, 3.8) is 0 Å². The van der Waals surface area contributed by atoms with Crippen molar-refractivity contribution in [2.45, 2.75) is 19.1 Å². The van der Waals surface area contributed by atoms with Crippen LogP contribution in [0.25, 0.3) is 0 Å². The first-order chi connectivity index (χ1) is 15.0. The topological polar surface area (TPSA) is 49.9 Å². The molecule has 2 saturated heterocycles. The number of imide groups is 1. The molecule has 0 radical (unpaired) electrons. The van der Waals surface area contributed by atoms with E-state index in [4.69, 9.17) is 28.0 Å². The molecule has 7 heteroatoms. The predicted molar refractivity (Wildman–Crippen MR) is 120 cm³/mol. The van der Waals surface area contributed by atoms with Crippen LogP contribution in [0.2, 0.25) is 10.0 Å². The van der Waals surface area contributed by atoms with Gasteiger partial charge in [0.1, 0.15) is 5.92 Å². The Morgan fingerprint density at radius 2 is 1.55 bits per heavy atom. The van der Waals surface area contributed by atoms with E-state index in [0.717, 1.165) is 11.3 Å². The molecule has 156 valence electrons. The molecule has 31 heavy (non-hydrogen) atoms. The Balaban J connectivity index is 1.61. The number of benzene rings is 3. The summed E-state index contributed by atoms with van der Waals surface area (Å²) in [6.07, 6.45) is -0.939. The number of aryl methyl sites for hydroxylation is 1. The van der Waals surface area contributed by atoms with E-state index in [1.807, 2.05) is 49.4 Å². The smallest absolute Gasteiger partial charge is 0.266 e. The number of anilines is 2. The Morgan fingerprint density at radius 1 is 0.839 bits per heavy atom. The molecule has 3 aromatic carbocycles. The van der Waals surface area contributed by atoms with E-state index in [-0.39, 0.29) is 11.8 Å². The SMILES string of the molecule is Cc1ccc(N2C(=O)[C@H]3[C@H](ON(c4ccccc4)[C@@H]3c3ccc(Cl)cc3Cl)C2=O)cc1. The summed E-state index contributed by atoms with van der Waals surface area (Å²) in [5.41, 5.74) is 2.98. The van der Waals surface area contributed by atoms with Crippen LogP contribution in [0.3, 0.4) is 0 Å². The summed E-state index contributed by atoms with van der Waals surface area (Å²) in [5.74, 6) is -1.44. The molecule has 0 aliphatic carbocycles. The third-order valence-electron chi connectivity index (χ3n) is 5.70. The summed E-state index contributed by atoms with van der Waals surface area (Å²) >= 11 is 12.6. The van der Waals surface area contributed by atoms with Gasteiger partial charge in [-0.25, -0.2) is 9.96 Å². The fourth-order valence-corrected chi connectivity index (χ4v) is 4.74. The largest absolute Gasteiger partial charge is 0.273 e. The fraction of sp³-hybridized carbons (Fsp3) is 0.167. The number of hydrogen-bond donors (Lipinski definition) is 0. The maximum Gasteiger partial charge on any atom is 0.266 e. The lowest BCUT2D eigenvalue weighted by molar-refractivity contribution is -0.126. The summed E-state index contributed by atoms with van der Waals surface area (Å²) in [6, 6.07) is 21.2. The number of para-hydroxylation sites is 1. The van der Waals surface area contributed by atoms with E-state index < -0.39 is 18.1 Å². The average Bonchev–Trinajstić information content (AvgIpc) is 3.26. The van der Waals surface area contributed by atoms with Crippen molar-refractivity contribution in [3.8, 4) is 0 Å². The number of carbonyl (C=O) groups is 2. The highest BCUT2D eigenvalue weighted by molar-refractivity contribution is 6.35. The predicted octanol–water partition coefficient (Wildman–Crippen LogP) is 5.35. The lowest BCUT2D eigenvalue weighted by Gasteiger charge is -2.29. The van der Waals surface area contributed by atoms with Gasteiger partial charge < -0.3 is 0 Å². The highest BCUT2D eigenvalue weighted by Crippen LogP contribution is 2.49. The highest BCUT2D eigenvalue weighted by Gasteiger charge is 2.60. The molecule has 2 aliphatic heterocycles. The minimum atomic E-state index is -0.939. The Bertz CT molecular complexity index is 1170. The van der Waals surface area contributed by atoms with Crippen LogP contribution < -0.4 is 9.96 Å². The normalized spacial score (nSPS) is 22.9. The second-order valence-electron chi connectivity index (χ2n) is 7.67. The van der Waals surface area contributed by atoms with E-state index in [1.165, 1.54) is 4.90 Å². The van der Waals surface area contributed by atoms with Crippen molar-refractivity contribution in [1.29, 1.82) is 0 Å². The second kappa shape index (κ2) is 7.68. The van der Waals surface area contributed by atoms with Crippen molar-refractivity contribution in [2.75, 3.05) is 9.96 Å². The number of halogens is 2. The first kappa shape index (κ1) is 20.1. The molecule has 3 atom stereocenters. The number of nitrogens with zero attached hydrogens (tertiary/aromatic N) is 2. The summed E-state index contributed by atoms with van der Waals surface area (Å²) in [4.78, 5) is 34.2. The Labute approximate surface area is 189 Å². The van der Waals surface area contributed by atoms with Crippen LogP contribution in [0.15, 0.2) is 72.8 Å². The molecular weight excluding hydrogens is 435 g/mol. The molecule has 5 nitrogen and oxygen atoms in total. The van der Waals surface area contributed by atoms with Crippen LogP contribution in [0, 0.1) is 12.8 Å². The van der Waals surface area contributed by atoms with Crippen LogP contribution in [0.4, 0.5) is 11.4 Å². The molecule has 0 N–H and O–H groups in total. The second-order valence-corrected chi connectivity index (χ2v) is 8.51.